The van der Waals surface area contributed by atoms with Gasteiger partial charge in [-0.3, -0.25) is 4.90 Å². The summed E-state index contributed by atoms with van der Waals surface area (Å²) in [7, 11) is 0. The van der Waals surface area contributed by atoms with Crippen LogP contribution in [0.15, 0.2) is 18.2 Å². The molecule has 44 heavy (non-hydrogen) atoms. The zero-order valence-corrected chi connectivity index (χ0v) is 25.0. The molecule has 1 aromatic heterocycles. The highest BCUT2D eigenvalue weighted by atomic mass is 19.4. The largest absolute Gasteiger partial charge is 0.461 e. The molecule has 4 aliphatic rings. The van der Waals surface area contributed by atoms with Gasteiger partial charge in [0.15, 0.2) is 5.82 Å². The van der Waals surface area contributed by atoms with Crippen LogP contribution < -0.4 is 15.4 Å². The average molecular weight is 616 g/mol. The number of piperidine rings is 1. The molecule has 8 nitrogen and oxygen atoms in total. The normalized spacial score (nSPS) is 27.1. The topological polar surface area (TPSA) is 97.0 Å². The number of aromatic nitrogens is 2. The Morgan fingerprint density at radius 2 is 2.02 bits per heavy atom. The maximum atomic E-state index is 15.5. The predicted octanol–water partition coefficient (Wildman–Crippen LogP) is 4.93. The minimum absolute atomic E-state index is 0.0879. The number of β-amino-alcohol motifs (C(OH)–C–C–N with tert-alkyl or cyclic N) is 1. The van der Waals surface area contributed by atoms with Crippen molar-refractivity contribution in [3.05, 3.63) is 52.0 Å². The maximum absolute atomic E-state index is 15.5. The highest BCUT2D eigenvalue weighted by Gasteiger charge is 2.47. The molecule has 12 heteroatoms. The van der Waals surface area contributed by atoms with Crippen LogP contribution in [0.25, 0.3) is 0 Å². The van der Waals surface area contributed by atoms with E-state index in [9.17, 15) is 18.3 Å². The van der Waals surface area contributed by atoms with Gasteiger partial charge in [-0.15, -0.1) is 5.92 Å². The van der Waals surface area contributed by atoms with E-state index in [1.807, 2.05) is 4.90 Å². The molecule has 0 unspecified atom stereocenters. The van der Waals surface area contributed by atoms with E-state index < -0.39 is 46.1 Å². The van der Waals surface area contributed by atoms with Crippen LogP contribution in [0, 0.1) is 17.7 Å². The molecule has 3 atom stereocenters. The molecular weight excluding hydrogens is 578 g/mol. The first-order chi connectivity index (χ1) is 20.8. The molecule has 0 spiro atoms. The number of rotatable bonds is 5. The fourth-order valence-corrected chi connectivity index (χ4v) is 7.33. The number of nitrogen functional groups attached to an aromatic ring is 1. The number of aliphatic hydroxyl groups is 1. The quantitative estimate of drug-likeness (QED) is 0.212. The number of nitrogens with two attached hydrogens (primary N) is 1. The summed E-state index contributed by atoms with van der Waals surface area (Å²) in [5.41, 5.74) is 4.07. The van der Waals surface area contributed by atoms with Gasteiger partial charge in [-0.2, -0.15) is 23.1 Å². The van der Waals surface area contributed by atoms with E-state index in [0.717, 1.165) is 50.4 Å². The van der Waals surface area contributed by atoms with Crippen LogP contribution in [0.5, 0.6) is 6.01 Å². The predicted molar refractivity (Wildman–Crippen MR) is 156 cm³/mol. The van der Waals surface area contributed by atoms with Crippen molar-refractivity contribution >= 4 is 11.5 Å². The van der Waals surface area contributed by atoms with E-state index in [-0.39, 0.29) is 24.6 Å². The minimum atomic E-state index is -4.91. The van der Waals surface area contributed by atoms with Gasteiger partial charge in [0.25, 0.3) is 0 Å². The van der Waals surface area contributed by atoms with E-state index >= 15 is 4.39 Å². The number of halogens is 4. The average Bonchev–Trinajstić information content (AvgIpc) is 3.47. The molecule has 0 aliphatic carbocycles. The molecule has 6 rings (SSSR count). The minimum Gasteiger partial charge on any atom is -0.461 e. The summed E-state index contributed by atoms with van der Waals surface area (Å²) in [6.07, 6.45) is -2.25. The van der Waals surface area contributed by atoms with Crippen molar-refractivity contribution < 1.29 is 32.1 Å². The standard InChI is InChI=1S/C32H37F4N5O3/c1-4-7-20-12-22(37)27(33)25(26(20)32(34,35)36)24-13-23-21(16-43-24)28(40-10-5-8-30(3,42)17-40)39-29(38-23)44-18-31-9-6-11-41(31)15-19(2)14-31/h12,24,42H,2,5-6,8-11,13-18,37H2,1,3H3/t24-,30-,31+/m1/s1. The fourth-order valence-electron chi connectivity index (χ4n) is 7.33. The second kappa shape index (κ2) is 11.2. The van der Waals surface area contributed by atoms with Gasteiger partial charge >= 0.3 is 12.2 Å². The summed E-state index contributed by atoms with van der Waals surface area (Å²) in [6.45, 7) is 10.2. The van der Waals surface area contributed by atoms with Crippen molar-refractivity contribution in [3.63, 3.8) is 0 Å². The van der Waals surface area contributed by atoms with Crippen molar-refractivity contribution in [2.24, 2.45) is 0 Å². The third-order valence-electron chi connectivity index (χ3n) is 9.23. The van der Waals surface area contributed by atoms with Gasteiger partial charge in [0.1, 0.15) is 12.4 Å². The summed E-state index contributed by atoms with van der Waals surface area (Å²) >= 11 is 0. The van der Waals surface area contributed by atoms with Crippen LogP contribution in [0.4, 0.5) is 29.1 Å². The van der Waals surface area contributed by atoms with Gasteiger partial charge in [0.05, 0.1) is 40.8 Å². The summed E-state index contributed by atoms with van der Waals surface area (Å²) in [6, 6.07) is 0.997. The maximum Gasteiger partial charge on any atom is 0.418 e. The molecule has 0 saturated carbocycles. The Morgan fingerprint density at radius 1 is 1.25 bits per heavy atom. The smallest absolute Gasteiger partial charge is 0.418 e. The second-order valence-electron chi connectivity index (χ2n) is 12.7. The lowest BCUT2D eigenvalue weighted by molar-refractivity contribution is -0.140. The molecule has 0 bridgehead atoms. The lowest BCUT2D eigenvalue weighted by Crippen LogP contribution is -2.47. The van der Waals surface area contributed by atoms with Gasteiger partial charge in [-0.05, 0) is 58.6 Å². The molecular formula is C32H37F4N5O3. The fraction of sp³-hybridized carbons (Fsp3) is 0.562. The monoisotopic (exact) mass is 615 g/mol. The summed E-state index contributed by atoms with van der Waals surface area (Å²) in [5, 5.41) is 10.8. The van der Waals surface area contributed by atoms with E-state index in [4.69, 9.17) is 20.2 Å². The van der Waals surface area contributed by atoms with Gasteiger partial charge in [0.2, 0.25) is 0 Å². The van der Waals surface area contributed by atoms with E-state index in [1.54, 1.807) is 6.92 Å². The van der Waals surface area contributed by atoms with E-state index in [1.165, 1.54) is 6.92 Å². The summed E-state index contributed by atoms with van der Waals surface area (Å²) in [4.78, 5) is 13.7. The number of benzene rings is 1. The van der Waals surface area contributed by atoms with Crippen molar-refractivity contribution in [1.29, 1.82) is 0 Å². The Balaban J connectivity index is 1.40. The first kappa shape index (κ1) is 30.6. The van der Waals surface area contributed by atoms with Gasteiger partial charge < -0.3 is 25.2 Å². The number of alkyl halides is 3. The van der Waals surface area contributed by atoms with Crippen LogP contribution in [0.1, 0.15) is 80.0 Å². The van der Waals surface area contributed by atoms with Gasteiger partial charge in [-0.1, -0.05) is 18.1 Å². The third-order valence-corrected chi connectivity index (χ3v) is 9.23. The lowest BCUT2D eigenvalue weighted by atomic mass is 9.90. The highest BCUT2D eigenvalue weighted by molar-refractivity contribution is 5.59. The Labute approximate surface area is 254 Å². The zero-order valence-electron chi connectivity index (χ0n) is 25.0. The number of ether oxygens (including phenoxy) is 2. The molecule has 0 amide bonds. The second-order valence-corrected chi connectivity index (χ2v) is 12.7. The van der Waals surface area contributed by atoms with Crippen molar-refractivity contribution in [3.8, 4) is 17.9 Å². The van der Waals surface area contributed by atoms with Crippen molar-refractivity contribution in [2.75, 3.05) is 43.4 Å². The Morgan fingerprint density at radius 3 is 2.75 bits per heavy atom. The SMILES string of the molecule is C=C1CN2CCC[C@@]2(COc2nc3c(c(N4CCC[C@@](C)(O)C4)n2)CO[C@@H](c2c(F)c(N)cc(C#CC)c2C(F)(F)F)C3)C1. The van der Waals surface area contributed by atoms with Crippen LogP contribution in [0.3, 0.4) is 0 Å². The Kier molecular flexibility index (Phi) is 7.79. The van der Waals surface area contributed by atoms with Crippen LogP contribution in [-0.4, -0.2) is 63.9 Å². The van der Waals surface area contributed by atoms with E-state index in [0.29, 0.717) is 43.2 Å². The molecule has 4 aliphatic heterocycles. The summed E-state index contributed by atoms with van der Waals surface area (Å²) in [5.74, 6) is 4.20. The molecule has 2 aromatic rings. The number of fused-ring (bicyclic) bond motifs is 2. The molecule has 1 aromatic carbocycles. The zero-order chi connectivity index (χ0) is 31.4. The molecule has 3 N–H and O–H groups in total. The van der Waals surface area contributed by atoms with Crippen LogP contribution in [-0.2, 0) is 23.9 Å². The summed E-state index contributed by atoms with van der Waals surface area (Å²) < 4.78 is 70.9. The third kappa shape index (κ3) is 5.61. The Bertz CT molecular complexity index is 1550. The van der Waals surface area contributed by atoms with Crippen LogP contribution in [0.2, 0.25) is 0 Å². The first-order valence-corrected chi connectivity index (χ1v) is 15.0. The van der Waals surface area contributed by atoms with Gasteiger partial charge in [0, 0.05) is 42.7 Å². The molecule has 0 radical (unpaired) electrons. The number of hydrogen-bond donors (Lipinski definition) is 2. The number of anilines is 2. The molecule has 3 saturated heterocycles. The van der Waals surface area contributed by atoms with E-state index in [2.05, 4.69) is 28.3 Å². The lowest BCUT2D eigenvalue weighted by Gasteiger charge is -2.39. The van der Waals surface area contributed by atoms with Crippen molar-refractivity contribution in [1.82, 2.24) is 14.9 Å². The number of hydrogen-bond acceptors (Lipinski definition) is 8. The highest BCUT2D eigenvalue weighted by Crippen LogP contribution is 2.45. The molecule has 3 fully saturated rings. The molecule has 236 valence electrons. The Hall–Kier alpha value is -3.40. The number of nitrogens with zero attached hydrogens (tertiary/aromatic N) is 4. The van der Waals surface area contributed by atoms with Crippen LogP contribution >= 0.6 is 0 Å². The first-order valence-electron chi connectivity index (χ1n) is 15.0. The van der Waals surface area contributed by atoms with Gasteiger partial charge in [-0.25, -0.2) is 4.39 Å². The van der Waals surface area contributed by atoms with Crippen molar-refractivity contribution in [2.45, 2.75) is 82.4 Å². The molecule has 5 heterocycles.